The Morgan fingerprint density at radius 3 is 2.50 bits per heavy atom. The SMILES string of the molecule is CC[C@@H](NCl)C(=O)O. The van der Waals surface area contributed by atoms with Gasteiger partial charge in [-0.3, -0.25) is 4.79 Å². The maximum atomic E-state index is 10.0. The molecule has 3 nitrogen and oxygen atoms in total. The van der Waals surface area contributed by atoms with Crippen molar-refractivity contribution >= 4 is 17.7 Å². The van der Waals surface area contributed by atoms with Crippen LogP contribution in [0.25, 0.3) is 0 Å². The Labute approximate surface area is 52.8 Å². The second-order valence-corrected chi connectivity index (χ2v) is 1.63. The smallest absolute Gasteiger partial charge is 0.321 e. The van der Waals surface area contributed by atoms with E-state index in [0.29, 0.717) is 6.42 Å². The maximum absolute atomic E-state index is 10.0. The van der Waals surface area contributed by atoms with Gasteiger partial charge in [0, 0.05) is 0 Å². The summed E-state index contributed by atoms with van der Waals surface area (Å²) in [7, 11) is 0. The normalized spacial score (nSPS) is 13.2. The third kappa shape index (κ3) is 2.14. The largest absolute Gasteiger partial charge is 0.480 e. The maximum Gasteiger partial charge on any atom is 0.321 e. The highest BCUT2D eigenvalue weighted by molar-refractivity contribution is 6.14. The number of carboxylic acid groups (broad SMARTS) is 1. The Morgan fingerprint density at radius 1 is 2.00 bits per heavy atom. The molecule has 0 aromatic carbocycles. The van der Waals surface area contributed by atoms with Crippen LogP contribution in [0.2, 0.25) is 0 Å². The lowest BCUT2D eigenvalue weighted by Gasteiger charge is -2.02. The predicted molar refractivity (Wildman–Crippen MR) is 30.7 cm³/mol. The summed E-state index contributed by atoms with van der Waals surface area (Å²) < 4.78 is 0. The number of rotatable bonds is 3. The van der Waals surface area contributed by atoms with Gasteiger partial charge in [-0.25, -0.2) is 4.84 Å². The second kappa shape index (κ2) is 3.69. The predicted octanol–water partition coefficient (Wildman–Crippen LogP) is 0.593. The van der Waals surface area contributed by atoms with E-state index in [1.54, 1.807) is 6.92 Å². The molecule has 0 aromatic heterocycles. The van der Waals surface area contributed by atoms with Crippen LogP contribution < -0.4 is 4.84 Å². The number of carboxylic acids is 1. The van der Waals surface area contributed by atoms with Crippen LogP contribution in [0.3, 0.4) is 0 Å². The van der Waals surface area contributed by atoms with Gasteiger partial charge >= 0.3 is 5.97 Å². The summed E-state index contributed by atoms with van der Waals surface area (Å²) in [5.74, 6) is -0.914. The van der Waals surface area contributed by atoms with Crippen molar-refractivity contribution in [1.82, 2.24) is 4.84 Å². The standard InChI is InChI=1S/C4H8ClNO2/c1-2-3(6-5)4(7)8/h3,6H,2H2,1H3,(H,7,8)/t3-/m1/s1. The molecule has 0 unspecified atom stereocenters. The molecule has 0 aromatic rings. The summed E-state index contributed by atoms with van der Waals surface area (Å²) >= 11 is 5.03. The Balaban J connectivity index is 3.52. The summed E-state index contributed by atoms with van der Waals surface area (Å²) in [6.45, 7) is 1.74. The first-order chi connectivity index (χ1) is 3.72. The van der Waals surface area contributed by atoms with Crippen molar-refractivity contribution in [1.29, 1.82) is 0 Å². The summed E-state index contributed by atoms with van der Waals surface area (Å²) in [4.78, 5) is 12.1. The van der Waals surface area contributed by atoms with Crippen molar-refractivity contribution in [2.45, 2.75) is 19.4 Å². The molecule has 0 spiro atoms. The minimum atomic E-state index is -0.914. The first kappa shape index (κ1) is 7.72. The van der Waals surface area contributed by atoms with Crippen molar-refractivity contribution in [2.75, 3.05) is 0 Å². The van der Waals surface area contributed by atoms with E-state index in [-0.39, 0.29) is 0 Å². The van der Waals surface area contributed by atoms with Gasteiger partial charge in [0.15, 0.2) is 0 Å². The van der Waals surface area contributed by atoms with Gasteiger partial charge < -0.3 is 5.11 Å². The zero-order valence-corrected chi connectivity index (χ0v) is 5.27. The molecule has 48 valence electrons. The van der Waals surface area contributed by atoms with E-state index in [1.165, 1.54) is 0 Å². The highest BCUT2D eigenvalue weighted by Gasteiger charge is 2.11. The van der Waals surface area contributed by atoms with Crippen LogP contribution in [-0.4, -0.2) is 17.1 Å². The molecule has 0 amide bonds. The van der Waals surface area contributed by atoms with E-state index in [2.05, 4.69) is 4.84 Å². The lowest BCUT2D eigenvalue weighted by Crippen LogP contribution is -2.29. The Kier molecular flexibility index (Phi) is 3.56. The van der Waals surface area contributed by atoms with Crippen LogP contribution in [0.5, 0.6) is 0 Å². The summed E-state index contributed by atoms with van der Waals surface area (Å²) in [6, 6.07) is -0.614. The molecule has 4 heteroatoms. The quantitative estimate of drug-likeness (QED) is 0.560. The Morgan fingerprint density at radius 2 is 2.50 bits per heavy atom. The van der Waals surface area contributed by atoms with Gasteiger partial charge in [0.2, 0.25) is 0 Å². The van der Waals surface area contributed by atoms with E-state index in [0.717, 1.165) is 0 Å². The average molecular weight is 138 g/mol. The van der Waals surface area contributed by atoms with E-state index in [4.69, 9.17) is 16.9 Å². The molecule has 1 atom stereocenters. The van der Waals surface area contributed by atoms with Crippen LogP contribution in [0.4, 0.5) is 0 Å². The number of nitrogens with one attached hydrogen (secondary N) is 1. The van der Waals surface area contributed by atoms with Crippen LogP contribution in [0.1, 0.15) is 13.3 Å². The third-order valence-corrected chi connectivity index (χ3v) is 1.10. The van der Waals surface area contributed by atoms with Crippen molar-refractivity contribution in [2.24, 2.45) is 0 Å². The van der Waals surface area contributed by atoms with Gasteiger partial charge in [-0.2, -0.15) is 0 Å². The third-order valence-electron chi connectivity index (χ3n) is 0.838. The Bertz CT molecular complexity index is 82.1. The van der Waals surface area contributed by atoms with Crippen LogP contribution in [-0.2, 0) is 4.79 Å². The van der Waals surface area contributed by atoms with Gasteiger partial charge in [0.1, 0.15) is 6.04 Å². The highest BCUT2D eigenvalue weighted by Crippen LogP contribution is 1.90. The highest BCUT2D eigenvalue weighted by atomic mass is 35.5. The van der Waals surface area contributed by atoms with Gasteiger partial charge in [-0.05, 0) is 18.2 Å². The molecule has 0 rings (SSSR count). The van der Waals surface area contributed by atoms with E-state index < -0.39 is 12.0 Å². The van der Waals surface area contributed by atoms with Crippen LogP contribution >= 0.6 is 11.8 Å². The number of carbonyl (C=O) groups is 1. The molecule has 0 radical (unpaired) electrons. The monoisotopic (exact) mass is 137 g/mol. The molecule has 0 bridgehead atoms. The first-order valence-corrected chi connectivity index (χ1v) is 2.69. The topological polar surface area (TPSA) is 49.3 Å². The molecule has 0 aliphatic heterocycles. The van der Waals surface area contributed by atoms with E-state index in [1.807, 2.05) is 0 Å². The molecule has 0 aliphatic rings. The number of hydrogen-bond donors (Lipinski definition) is 2. The zero-order valence-electron chi connectivity index (χ0n) is 4.52. The summed E-state index contributed by atoms with van der Waals surface area (Å²) in [5, 5.41) is 8.23. The molecular weight excluding hydrogens is 130 g/mol. The molecule has 2 N–H and O–H groups in total. The van der Waals surface area contributed by atoms with Crippen LogP contribution in [0, 0.1) is 0 Å². The fourth-order valence-electron chi connectivity index (χ4n) is 0.298. The van der Waals surface area contributed by atoms with Gasteiger partial charge in [-0.15, -0.1) is 0 Å². The summed E-state index contributed by atoms with van der Waals surface area (Å²) in [5.41, 5.74) is 0. The van der Waals surface area contributed by atoms with Gasteiger partial charge in [0.25, 0.3) is 0 Å². The van der Waals surface area contributed by atoms with Gasteiger partial charge in [-0.1, -0.05) is 6.92 Å². The minimum absolute atomic E-state index is 0.499. The molecular formula is C4H8ClNO2. The van der Waals surface area contributed by atoms with Gasteiger partial charge in [0.05, 0.1) is 0 Å². The van der Waals surface area contributed by atoms with Crippen LogP contribution in [0.15, 0.2) is 0 Å². The van der Waals surface area contributed by atoms with Crippen molar-refractivity contribution in [3.63, 3.8) is 0 Å². The van der Waals surface area contributed by atoms with Crippen molar-refractivity contribution in [3.05, 3.63) is 0 Å². The lowest BCUT2D eigenvalue weighted by atomic mass is 10.2. The van der Waals surface area contributed by atoms with Crippen molar-refractivity contribution < 1.29 is 9.90 Å². The lowest BCUT2D eigenvalue weighted by molar-refractivity contribution is -0.139. The number of halogens is 1. The average Bonchev–Trinajstić information content (AvgIpc) is 1.69. The van der Waals surface area contributed by atoms with E-state index >= 15 is 0 Å². The van der Waals surface area contributed by atoms with E-state index in [9.17, 15) is 4.79 Å². The fraction of sp³-hybridized carbons (Fsp3) is 0.750. The summed E-state index contributed by atoms with van der Waals surface area (Å²) in [6.07, 6.45) is 0.499. The fourth-order valence-corrected chi connectivity index (χ4v) is 0.546. The number of aliphatic carboxylic acids is 1. The zero-order chi connectivity index (χ0) is 6.57. The molecule has 0 heterocycles. The minimum Gasteiger partial charge on any atom is -0.480 e. The Hall–Kier alpha value is -0.280. The number of hydrogen-bond acceptors (Lipinski definition) is 2. The molecule has 0 fully saturated rings. The molecule has 0 aliphatic carbocycles. The van der Waals surface area contributed by atoms with Crippen molar-refractivity contribution in [3.8, 4) is 0 Å². The molecule has 0 saturated carbocycles. The molecule has 8 heavy (non-hydrogen) atoms. The first-order valence-electron chi connectivity index (χ1n) is 2.31. The molecule has 0 saturated heterocycles. The second-order valence-electron chi connectivity index (χ2n) is 1.41.